The average molecular weight is 466 g/mol. The van der Waals surface area contributed by atoms with Crippen LogP contribution in [0.3, 0.4) is 0 Å². The minimum Gasteiger partial charge on any atom is -0.497 e. The van der Waals surface area contributed by atoms with E-state index in [0.717, 1.165) is 34.6 Å². The predicted octanol–water partition coefficient (Wildman–Crippen LogP) is 7.59. The molecule has 0 aliphatic carbocycles. The summed E-state index contributed by atoms with van der Waals surface area (Å²) in [6.45, 7) is 14.5. The summed E-state index contributed by atoms with van der Waals surface area (Å²) in [5.74, 6) is 0.687. The topological polar surface area (TPSA) is 54.8 Å². The quantitative estimate of drug-likeness (QED) is 0.157. The fraction of sp³-hybridized carbons (Fsp3) is 0.414. The molecule has 0 fully saturated rings. The number of nitrogens with zero attached hydrogens (tertiary/aromatic N) is 3. The smallest absolute Gasteiger partial charge is 0.270 e. The monoisotopic (exact) mass is 465 g/mol. The van der Waals surface area contributed by atoms with E-state index in [0.29, 0.717) is 19.4 Å². The van der Waals surface area contributed by atoms with Crippen LogP contribution in [0.1, 0.15) is 78.9 Å². The molecule has 0 unspecified atom stereocenters. The van der Waals surface area contributed by atoms with Crippen LogP contribution in [0.25, 0.3) is 0 Å². The summed E-state index contributed by atoms with van der Waals surface area (Å²) in [5, 5.41) is 6.32. The third-order valence-corrected chi connectivity index (χ3v) is 4.62. The highest BCUT2D eigenvalue weighted by Crippen LogP contribution is 2.17. The lowest BCUT2D eigenvalue weighted by molar-refractivity contribution is -0.127. The summed E-state index contributed by atoms with van der Waals surface area (Å²) in [4.78, 5) is 17.5. The zero-order valence-corrected chi connectivity index (χ0v) is 22.3. The number of hydrogen-bond acceptors (Lipinski definition) is 4. The molecule has 1 aromatic heterocycles. The minimum atomic E-state index is -0.0936. The standard InChI is InChI=1S/C25H31N3O2.2C2H6/c1-5-8-9-11-21(6-2)25(29)28(19-20-13-15-23(30-4)16-14-20)27-24(7-3)22-12-10-17-26-18-22;2*1-2/h8-18H,5-7,19H2,1-4H3;2*1-2H3/b9-8-,21-11+,27-24+;;. The van der Waals surface area contributed by atoms with Crippen molar-refractivity contribution >= 4 is 11.6 Å². The summed E-state index contributed by atoms with van der Waals surface area (Å²) >= 11 is 0. The maximum atomic E-state index is 13.4. The third-order valence-electron chi connectivity index (χ3n) is 4.62. The molecule has 1 aromatic carbocycles. The molecule has 186 valence electrons. The molecule has 1 heterocycles. The number of rotatable bonds is 10. The van der Waals surface area contributed by atoms with Crippen molar-refractivity contribution in [1.82, 2.24) is 9.99 Å². The van der Waals surface area contributed by atoms with Crippen molar-refractivity contribution in [2.45, 2.75) is 74.3 Å². The van der Waals surface area contributed by atoms with E-state index in [9.17, 15) is 4.79 Å². The number of carbonyl (C=O) groups excluding carboxylic acids is 1. The van der Waals surface area contributed by atoms with E-state index in [1.54, 1.807) is 24.5 Å². The van der Waals surface area contributed by atoms with Gasteiger partial charge in [-0.05, 0) is 43.0 Å². The van der Waals surface area contributed by atoms with E-state index < -0.39 is 0 Å². The molecule has 0 N–H and O–H groups in total. The number of benzene rings is 1. The van der Waals surface area contributed by atoms with Gasteiger partial charge in [-0.25, -0.2) is 5.01 Å². The Bertz CT molecular complexity index is 885. The van der Waals surface area contributed by atoms with E-state index in [-0.39, 0.29) is 5.91 Å². The van der Waals surface area contributed by atoms with Crippen LogP contribution in [0, 0.1) is 0 Å². The van der Waals surface area contributed by atoms with Crippen LogP contribution in [0.4, 0.5) is 0 Å². The van der Waals surface area contributed by atoms with Crippen molar-refractivity contribution in [2.75, 3.05) is 7.11 Å². The van der Waals surface area contributed by atoms with Gasteiger partial charge in [0.15, 0.2) is 0 Å². The molecule has 1 amide bonds. The Morgan fingerprint density at radius 1 is 1.03 bits per heavy atom. The van der Waals surface area contributed by atoms with Crippen molar-refractivity contribution in [2.24, 2.45) is 5.10 Å². The van der Waals surface area contributed by atoms with Crippen LogP contribution in [0.15, 0.2) is 77.7 Å². The van der Waals surface area contributed by atoms with Gasteiger partial charge in [0.2, 0.25) is 0 Å². The molecular weight excluding hydrogens is 422 g/mol. The second-order valence-corrected chi connectivity index (χ2v) is 6.73. The largest absolute Gasteiger partial charge is 0.497 e. The molecule has 0 saturated heterocycles. The maximum absolute atomic E-state index is 13.4. The summed E-state index contributed by atoms with van der Waals surface area (Å²) < 4.78 is 5.24. The lowest BCUT2D eigenvalue weighted by Crippen LogP contribution is -2.28. The Morgan fingerprint density at radius 3 is 2.21 bits per heavy atom. The van der Waals surface area contributed by atoms with Crippen LogP contribution in [-0.2, 0) is 11.3 Å². The highest BCUT2D eigenvalue weighted by molar-refractivity contribution is 6.01. The van der Waals surface area contributed by atoms with Gasteiger partial charge < -0.3 is 4.74 Å². The summed E-state index contributed by atoms with van der Waals surface area (Å²) in [7, 11) is 1.64. The van der Waals surface area contributed by atoms with E-state index >= 15 is 0 Å². The van der Waals surface area contributed by atoms with Gasteiger partial charge in [-0.15, -0.1) is 0 Å². The first-order valence-electron chi connectivity index (χ1n) is 12.4. The molecule has 0 radical (unpaired) electrons. The first-order valence-corrected chi connectivity index (χ1v) is 12.4. The van der Waals surface area contributed by atoms with Crippen molar-refractivity contribution in [3.05, 3.63) is 83.7 Å². The highest BCUT2D eigenvalue weighted by atomic mass is 16.5. The number of allylic oxidation sites excluding steroid dienone is 3. The third kappa shape index (κ3) is 10.6. The second-order valence-electron chi connectivity index (χ2n) is 6.73. The molecule has 0 atom stereocenters. The Morgan fingerprint density at radius 2 is 1.71 bits per heavy atom. The van der Waals surface area contributed by atoms with Crippen LogP contribution < -0.4 is 4.74 Å². The van der Waals surface area contributed by atoms with Gasteiger partial charge in [-0.2, -0.15) is 5.10 Å². The molecule has 5 nitrogen and oxygen atoms in total. The van der Waals surface area contributed by atoms with Crippen molar-refractivity contribution in [1.29, 1.82) is 0 Å². The van der Waals surface area contributed by atoms with Crippen LogP contribution in [-0.4, -0.2) is 28.7 Å². The zero-order chi connectivity index (χ0) is 25.8. The Labute approximate surface area is 207 Å². The molecule has 2 rings (SSSR count). The predicted molar refractivity (Wildman–Crippen MR) is 145 cm³/mol. The maximum Gasteiger partial charge on any atom is 0.270 e. The van der Waals surface area contributed by atoms with Crippen molar-refractivity contribution < 1.29 is 9.53 Å². The number of ether oxygens (including phenoxy) is 1. The minimum absolute atomic E-state index is 0.0936. The molecule has 34 heavy (non-hydrogen) atoms. The molecule has 0 spiro atoms. The van der Waals surface area contributed by atoms with Gasteiger partial charge in [0.1, 0.15) is 5.75 Å². The summed E-state index contributed by atoms with van der Waals surface area (Å²) in [6.07, 6.45) is 11.6. The number of hydrogen-bond donors (Lipinski definition) is 0. The van der Waals surface area contributed by atoms with Gasteiger partial charge in [-0.3, -0.25) is 9.78 Å². The van der Waals surface area contributed by atoms with Crippen molar-refractivity contribution in [3.63, 3.8) is 0 Å². The van der Waals surface area contributed by atoms with Crippen LogP contribution in [0.2, 0.25) is 0 Å². The SMILES string of the molecule is CC.CC.CC/C=C\C=C(/CC)C(=O)N(Cc1ccc(OC)cc1)/N=C(\CC)c1cccnc1. The molecule has 0 bridgehead atoms. The number of pyridine rings is 1. The van der Waals surface area contributed by atoms with E-state index in [1.165, 1.54) is 0 Å². The lowest BCUT2D eigenvalue weighted by atomic mass is 10.1. The molecule has 5 heteroatoms. The van der Waals surface area contributed by atoms with Gasteiger partial charge in [0.05, 0.1) is 19.4 Å². The number of carbonyl (C=O) groups is 1. The van der Waals surface area contributed by atoms with Gasteiger partial charge in [-0.1, -0.05) is 84.9 Å². The molecule has 0 saturated carbocycles. The molecular formula is C29H43N3O2. The molecule has 2 aromatic rings. The summed E-state index contributed by atoms with van der Waals surface area (Å²) in [6, 6.07) is 11.5. The normalized spacial score (nSPS) is 11.2. The first-order chi connectivity index (χ1) is 16.6. The number of amides is 1. The molecule has 0 aliphatic heterocycles. The Balaban J connectivity index is 0.00000258. The van der Waals surface area contributed by atoms with Gasteiger partial charge in [0.25, 0.3) is 5.91 Å². The van der Waals surface area contributed by atoms with Crippen molar-refractivity contribution in [3.8, 4) is 5.75 Å². The van der Waals surface area contributed by atoms with Crippen LogP contribution >= 0.6 is 0 Å². The fourth-order valence-corrected chi connectivity index (χ4v) is 2.89. The highest BCUT2D eigenvalue weighted by Gasteiger charge is 2.18. The Hall–Kier alpha value is -3.21. The lowest BCUT2D eigenvalue weighted by Gasteiger charge is -2.20. The van der Waals surface area contributed by atoms with Gasteiger partial charge in [0, 0.05) is 23.5 Å². The zero-order valence-electron chi connectivity index (χ0n) is 22.3. The average Bonchev–Trinajstić information content (AvgIpc) is 2.92. The first kappa shape index (κ1) is 30.8. The summed E-state index contributed by atoms with van der Waals surface area (Å²) in [5.41, 5.74) is 3.44. The number of aromatic nitrogens is 1. The number of methoxy groups -OCH3 is 1. The number of hydrazone groups is 1. The molecule has 0 aliphatic rings. The second kappa shape index (κ2) is 19.3. The van der Waals surface area contributed by atoms with E-state index in [4.69, 9.17) is 9.84 Å². The van der Waals surface area contributed by atoms with Crippen LogP contribution in [0.5, 0.6) is 5.75 Å². The van der Waals surface area contributed by atoms with E-state index in [2.05, 4.69) is 11.9 Å². The fourth-order valence-electron chi connectivity index (χ4n) is 2.89. The Kier molecular flexibility index (Phi) is 17.5. The van der Waals surface area contributed by atoms with Gasteiger partial charge >= 0.3 is 0 Å². The van der Waals surface area contributed by atoms with E-state index in [1.807, 2.05) is 96.2 Å².